The number of aliphatic hydroxyl groups is 1. The molecule has 3 unspecified atom stereocenters. The van der Waals surface area contributed by atoms with Gasteiger partial charge in [-0.3, -0.25) is 24.0 Å². The van der Waals surface area contributed by atoms with Gasteiger partial charge in [-0.1, -0.05) is 11.4 Å². The van der Waals surface area contributed by atoms with Crippen molar-refractivity contribution in [2.45, 2.75) is 76.9 Å². The number of imide groups is 1. The lowest BCUT2D eigenvalue weighted by molar-refractivity contribution is -0.149. The largest absolute Gasteiger partial charge is 0.476 e. The van der Waals surface area contributed by atoms with Crippen molar-refractivity contribution in [1.82, 2.24) is 35.2 Å². The van der Waals surface area contributed by atoms with Crippen LogP contribution < -0.4 is 26.2 Å². The van der Waals surface area contributed by atoms with Gasteiger partial charge in [-0.2, -0.15) is 9.97 Å². The van der Waals surface area contributed by atoms with E-state index in [0.717, 1.165) is 6.92 Å². The number of nitrogens with two attached hydrogens (primary N) is 1. The summed E-state index contributed by atoms with van der Waals surface area (Å²) < 4.78 is 53.3. The summed E-state index contributed by atoms with van der Waals surface area (Å²) >= 11 is 0.632. The van der Waals surface area contributed by atoms with Crippen molar-refractivity contribution >= 4 is 53.1 Å². The summed E-state index contributed by atoms with van der Waals surface area (Å²) in [6.07, 6.45) is -3.81. The van der Waals surface area contributed by atoms with Crippen LogP contribution in [0.1, 0.15) is 40.8 Å². The van der Waals surface area contributed by atoms with Crippen molar-refractivity contribution in [3.8, 4) is 5.88 Å². The summed E-state index contributed by atoms with van der Waals surface area (Å²) in [6, 6.07) is -2.86. The highest BCUT2D eigenvalue weighted by atomic mass is 32.7. The first-order valence-corrected chi connectivity index (χ1v) is 16.5. The number of anilines is 1. The highest BCUT2D eigenvalue weighted by Crippen LogP contribution is 2.57. The van der Waals surface area contributed by atoms with E-state index in [0.29, 0.717) is 11.4 Å². The van der Waals surface area contributed by atoms with Crippen LogP contribution in [0.5, 0.6) is 5.88 Å². The number of aromatic nitrogens is 4. The van der Waals surface area contributed by atoms with E-state index in [9.17, 15) is 24.1 Å². The van der Waals surface area contributed by atoms with Crippen LogP contribution in [-0.2, 0) is 28.2 Å². The lowest BCUT2D eigenvalue weighted by Crippen LogP contribution is -2.41. The molecule has 6 N–H and O–H groups in total. The van der Waals surface area contributed by atoms with E-state index < -0.39 is 73.5 Å². The minimum atomic E-state index is -4.08. The number of amides is 3. The third-order valence-electron chi connectivity index (χ3n) is 6.39. The molecule has 2 aliphatic heterocycles. The molecule has 2 saturated heterocycles. The molecule has 238 valence electrons. The quantitative estimate of drug-likeness (QED) is 0.115. The summed E-state index contributed by atoms with van der Waals surface area (Å²) in [5, 5.41) is 17.9. The van der Waals surface area contributed by atoms with Crippen LogP contribution in [0, 0.1) is 0 Å². The zero-order valence-electron chi connectivity index (χ0n) is 24.0. The zero-order chi connectivity index (χ0) is 31.7. The normalized spacial score (nSPS) is 27.6. The molecule has 17 nitrogen and oxygen atoms in total. The molecule has 4 heterocycles. The fourth-order valence-electron chi connectivity index (χ4n) is 4.32. The number of nitrogens with zero attached hydrogens (tertiary/aromatic N) is 4. The Kier molecular flexibility index (Phi) is 9.82. The number of nitrogens with one attached hydrogen (secondary N) is 3. The van der Waals surface area contributed by atoms with Crippen molar-refractivity contribution in [3.05, 3.63) is 6.33 Å². The average molecular weight is 649 g/mol. The molecule has 0 saturated carbocycles. The van der Waals surface area contributed by atoms with Crippen molar-refractivity contribution in [2.24, 2.45) is 0 Å². The highest BCUT2D eigenvalue weighted by Gasteiger charge is 2.56. The second-order valence-corrected chi connectivity index (χ2v) is 14.5. The molecule has 2 aromatic rings. The molecular weight excluding hydrogens is 614 g/mol. The Morgan fingerprint density at radius 2 is 2.09 bits per heavy atom. The van der Waals surface area contributed by atoms with E-state index in [1.165, 1.54) is 17.8 Å². The van der Waals surface area contributed by atoms with Crippen LogP contribution in [0.15, 0.2) is 6.33 Å². The number of halogens is 1. The molecule has 4 rings (SSSR count). The van der Waals surface area contributed by atoms with Gasteiger partial charge >= 0.3 is 18.7 Å². The van der Waals surface area contributed by atoms with Gasteiger partial charge in [0.25, 0.3) is 5.91 Å². The first-order valence-electron chi connectivity index (χ1n) is 13.3. The third kappa shape index (κ3) is 7.18. The Morgan fingerprint density at radius 3 is 2.72 bits per heavy atom. The van der Waals surface area contributed by atoms with E-state index in [4.69, 9.17) is 24.5 Å². The van der Waals surface area contributed by atoms with Crippen LogP contribution in [-0.4, -0.2) is 97.6 Å². The standard InChI is InChI=1S/C23H34FN8O9PS/c1-6-38-18-14-16(28-21(25)30-18)32(9-26-14)20-23(5,24)15(33)13(41-20)7-39-42(37,31-11(4)19(35)40-10(2)3)43-8-12-17(34)29-22(36)27-12/h9-13,15,20,33H,6-8H2,1-5H3,(H,31,37)(H2,25,28,30)(H2,27,29,34,36)/t11-,12?,13?,15-,20?,23-,42-/m1/s1. The maximum Gasteiger partial charge on any atom is 0.327 e. The number of nitrogen functional groups attached to an aromatic ring is 1. The average Bonchev–Trinajstić information content (AvgIpc) is 3.54. The van der Waals surface area contributed by atoms with E-state index in [1.807, 2.05) is 0 Å². The van der Waals surface area contributed by atoms with Gasteiger partial charge in [-0.05, 0) is 34.6 Å². The summed E-state index contributed by atoms with van der Waals surface area (Å²) in [7, 11) is 0. The molecule has 20 heteroatoms. The zero-order valence-corrected chi connectivity index (χ0v) is 25.7. The third-order valence-corrected chi connectivity index (χ3v) is 10.5. The Hall–Kier alpha value is -3.09. The van der Waals surface area contributed by atoms with Crippen molar-refractivity contribution in [3.63, 3.8) is 0 Å². The van der Waals surface area contributed by atoms with E-state index in [2.05, 4.69) is 30.7 Å². The van der Waals surface area contributed by atoms with Gasteiger partial charge in [-0.25, -0.2) is 19.3 Å². The topological polar surface area (TPSA) is 231 Å². The smallest absolute Gasteiger partial charge is 0.327 e. The van der Waals surface area contributed by atoms with Crippen molar-refractivity contribution < 1.29 is 47.2 Å². The molecule has 3 amide bonds. The summed E-state index contributed by atoms with van der Waals surface area (Å²) in [5.41, 5.74) is 3.68. The number of rotatable bonds is 13. The van der Waals surface area contributed by atoms with Crippen molar-refractivity contribution in [2.75, 3.05) is 24.7 Å². The van der Waals surface area contributed by atoms with Crippen LogP contribution in [0.4, 0.5) is 15.1 Å². The number of hydrogen-bond donors (Lipinski definition) is 5. The monoisotopic (exact) mass is 648 g/mol. The number of esters is 1. The number of ether oxygens (including phenoxy) is 3. The SMILES string of the molecule is CCOc1nc(N)nc2c1ncn2C1OC(CO[P@](=O)(N[C@H](C)C(=O)OC(C)C)SCC2NC(=O)NC2=O)[C@@H](O)[C@@]1(C)F. The molecule has 0 aliphatic carbocycles. The first kappa shape index (κ1) is 32.8. The number of carbonyl (C=O) groups is 3. The van der Waals surface area contributed by atoms with E-state index in [1.54, 1.807) is 20.8 Å². The van der Waals surface area contributed by atoms with Crippen LogP contribution in [0.3, 0.4) is 0 Å². The van der Waals surface area contributed by atoms with Gasteiger partial charge in [0.1, 0.15) is 24.3 Å². The minimum Gasteiger partial charge on any atom is -0.476 e. The molecule has 7 atom stereocenters. The number of alkyl halides is 1. The van der Waals surface area contributed by atoms with Crippen LogP contribution in [0.25, 0.3) is 11.2 Å². The molecule has 2 fully saturated rings. The molecule has 0 radical (unpaired) electrons. The lowest BCUT2D eigenvalue weighted by atomic mass is 9.98. The molecule has 0 spiro atoms. The lowest BCUT2D eigenvalue weighted by Gasteiger charge is -2.25. The Labute approximate surface area is 249 Å². The van der Waals surface area contributed by atoms with Gasteiger partial charge < -0.3 is 34.9 Å². The Morgan fingerprint density at radius 1 is 1.37 bits per heavy atom. The number of fused-ring (bicyclic) bond motifs is 1. The number of aliphatic hydroxyl groups excluding tert-OH is 1. The Bertz CT molecular complexity index is 1430. The molecule has 43 heavy (non-hydrogen) atoms. The molecule has 2 aliphatic rings. The summed E-state index contributed by atoms with van der Waals surface area (Å²) in [5.74, 6) is -1.62. The first-order chi connectivity index (χ1) is 20.1. The second-order valence-electron chi connectivity index (χ2n) is 10.2. The fraction of sp³-hybridized carbons (Fsp3) is 0.652. The second kappa shape index (κ2) is 12.9. The van der Waals surface area contributed by atoms with E-state index >= 15 is 4.39 Å². The Balaban J connectivity index is 1.53. The molecule has 0 aromatic carbocycles. The number of carbonyl (C=O) groups excluding carboxylic acids is 3. The highest BCUT2D eigenvalue weighted by molar-refractivity contribution is 8.56. The number of imidazole rings is 1. The summed E-state index contributed by atoms with van der Waals surface area (Å²) in [6.45, 7) is 3.10. The molecule has 0 bridgehead atoms. The predicted molar refractivity (Wildman–Crippen MR) is 151 cm³/mol. The molecular formula is C23H34FN8O9PS. The van der Waals surface area contributed by atoms with Gasteiger partial charge in [-0.15, -0.1) is 0 Å². The van der Waals surface area contributed by atoms with Gasteiger partial charge in [0.2, 0.25) is 11.8 Å². The number of urea groups is 1. The summed E-state index contributed by atoms with van der Waals surface area (Å²) in [4.78, 5) is 48.2. The van der Waals surface area contributed by atoms with Gasteiger partial charge in [0.05, 0.1) is 25.6 Å². The minimum absolute atomic E-state index is 0.0871. The maximum absolute atomic E-state index is 16.0. The van der Waals surface area contributed by atoms with Gasteiger partial charge in [0, 0.05) is 5.75 Å². The van der Waals surface area contributed by atoms with Gasteiger partial charge in [0.15, 0.2) is 23.1 Å². The van der Waals surface area contributed by atoms with Crippen LogP contribution >= 0.6 is 18.1 Å². The number of hydrogen-bond acceptors (Lipinski definition) is 14. The maximum atomic E-state index is 16.0. The fourth-order valence-corrected chi connectivity index (χ4v) is 8.19. The van der Waals surface area contributed by atoms with E-state index in [-0.39, 0.29) is 35.4 Å². The predicted octanol–water partition coefficient (Wildman–Crippen LogP) is 0.789. The van der Waals surface area contributed by atoms with Crippen molar-refractivity contribution in [1.29, 1.82) is 0 Å². The molecule has 2 aromatic heterocycles. The van der Waals surface area contributed by atoms with Crippen LogP contribution in [0.2, 0.25) is 0 Å².